The maximum absolute atomic E-state index is 12.0. The summed E-state index contributed by atoms with van der Waals surface area (Å²) in [6, 6.07) is 0. The van der Waals surface area contributed by atoms with Crippen LogP contribution in [0.1, 0.15) is 21.0 Å². The van der Waals surface area contributed by atoms with Crippen molar-refractivity contribution in [3.63, 3.8) is 0 Å². The van der Waals surface area contributed by atoms with Gasteiger partial charge in [-0.15, -0.1) is 0 Å². The average molecular weight is 236 g/mol. The topological polar surface area (TPSA) is 95.4 Å². The molecule has 17 heavy (non-hydrogen) atoms. The third kappa shape index (κ3) is 2.39. The summed E-state index contributed by atoms with van der Waals surface area (Å²) in [7, 11) is 0. The Morgan fingerprint density at radius 3 is 2.35 bits per heavy atom. The van der Waals surface area contributed by atoms with Crippen LogP contribution in [0, 0.1) is 0 Å². The van der Waals surface area contributed by atoms with Crippen LogP contribution in [-0.4, -0.2) is 53.0 Å². The fraction of sp³-hybridized carbons (Fsp3) is 0.400. The molecule has 0 N–H and O–H groups in total. The Bertz CT molecular complexity index is 443. The number of hydrogen-bond donors (Lipinski definition) is 0. The molecular weight excluding hydrogens is 226 g/mol. The number of amides is 1. The maximum atomic E-state index is 12.0. The minimum absolute atomic E-state index is 0.186. The Morgan fingerprint density at radius 1 is 1.18 bits per heavy atom. The third-order valence-electron chi connectivity index (χ3n) is 2.39. The highest BCUT2D eigenvalue weighted by Gasteiger charge is 2.23. The van der Waals surface area contributed by atoms with Crippen LogP contribution in [0.3, 0.4) is 0 Å². The van der Waals surface area contributed by atoms with Gasteiger partial charge in [-0.3, -0.25) is 9.78 Å². The summed E-state index contributed by atoms with van der Waals surface area (Å²) >= 11 is 0. The molecule has 2 heterocycles. The second-order valence-corrected chi connectivity index (χ2v) is 3.45. The monoisotopic (exact) mass is 236 g/mol. The van der Waals surface area contributed by atoms with E-state index in [4.69, 9.17) is 4.74 Å². The molecular formula is C10H10N3O4-. The first kappa shape index (κ1) is 11.5. The standard InChI is InChI=1S/C10H11N3O4/c14-9(13-3-5-17-6-4-13)7-8(10(15)16)12-2-1-11-7/h1-2H,3-6H2,(H,15,16)/p-1. The van der Waals surface area contributed by atoms with E-state index in [-0.39, 0.29) is 5.69 Å². The predicted molar refractivity (Wildman–Crippen MR) is 53.1 cm³/mol. The predicted octanol–water partition coefficient (Wildman–Crippen LogP) is -1.69. The van der Waals surface area contributed by atoms with E-state index >= 15 is 0 Å². The van der Waals surface area contributed by atoms with E-state index in [0.29, 0.717) is 26.3 Å². The minimum Gasteiger partial charge on any atom is -0.543 e. The molecule has 2 rings (SSSR count). The van der Waals surface area contributed by atoms with Crippen LogP contribution < -0.4 is 5.11 Å². The summed E-state index contributed by atoms with van der Waals surface area (Å²) < 4.78 is 5.10. The van der Waals surface area contributed by atoms with E-state index in [1.807, 2.05) is 0 Å². The van der Waals surface area contributed by atoms with E-state index < -0.39 is 17.6 Å². The van der Waals surface area contributed by atoms with Crippen molar-refractivity contribution < 1.29 is 19.4 Å². The molecule has 1 aromatic heterocycles. The van der Waals surface area contributed by atoms with Gasteiger partial charge in [0.25, 0.3) is 5.91 Å². The van der Waals surface area contributed by atoms with Crippen molar-refractivity contribution in [3.05, 3.63) is 23.8 Å². The quantitative estimate of drug-likeness (QED) is 0.608. The van der Waals surface area contributed by atoms with Crippen molar-refractivity contribution in [1.82, 2.24) is 14.9 Å². The molecule has 90 valence electrons. The zero-order chi connectivity index (χ0) is 12.3. The van der Waals surface area contributed by atoms with Crippen molar-refractivity contribution in [1.29, 1.82) is 0 Å². The SMILES string of the molecule is O=C([O-])c1nccnc1C(=O)N1CCOCC1. The van der Waals surface area contributed by atoms with Crippen LogP contribution in [-0.2, 0) is 4.74 Å². The van der Waals surface area contributed by atoms with Gasteiger partial charge in [0.1, 0.15) is 5.69 Å². The zero-order valence-corrected chi connectivity index (χ0v) is 8.96. The van der Waals surface area contributed by atoms with E-state index in [1.54, 1.807) is 0 Å². The molecule has 1 saturated heterocycles. The van der Waals surface area contributed by atoms with Crippen LogP contribution in [0.15, 0.2) is 12.4 Å². The normalized spacial score (nSPS) is 15.6. The number of aromatic carboxylic acids is 1. The van der Waals surface area contributed by atoms with Crippen LogP contribution in [0.2, 0.25) is 0 Å². The number of aromatic nitrogens is 2. The number of carboxylic acids is 1. The second kappa shape index (κ2) is 4.88. The lowest BCUT2D eigenvalue weighted by Crippen LogP contribution is -2.42. The maximum Gasteiger partial charge on any atom is 0.274 e. The molecule has 1 fully saturated rings. The largest absolute Gasteiger partial charge is 0.543 e. The first-order valence-electron chi connectivity index (χ1n) is 5.09. The second-order valence-electron chi connectivity index (χ2n) is 3.45. The van der Waals surface area contributed by atoms with Gasteiger partial charge in [-0.1, -0.05) is 0 Å². The highest BCUT2D eigenvalue weighted by molar-refractivity contribution is 6.01. The number of ether oxygens (including phenoxy) is 1. The molecule has 0 bridgehead atoms. The van der Waals surface area contributed by atoms with Gasteiger partial charge in [-0.25, -0.2) is 4.98 Å². The lowest BCUT2D eigenvalue weighted by molar-refractivity contribution is -0.255. The van der Waals surface area contributed by atoms with Gasteiger partial charge in [0, 0.05) is 25.5 Å². The molecule has 7 nitrogen and oxygen atoms in total. The van der Waals surface area contributed by atoms with E-state index in [1.165, 1.54) is 17.3 Å². The highest BCUT2D eigenvalue weighted by atomic mass is 16.5. The van der Waals surface area contributed by atoms with E-state index in [0.717, 1.165) is 0 Å². The molecule has 1 amide bonds. The number of rotatable bonds is 2. The molecule has 0 aliphatic carbocycles. The Labute approximate surface area is 97.0 Å². The fourth-order valence-electron chi connectivity index (χ4n) is 1.56. The number of nitrogens with zero attached hydrogens (tertiary/aromatic N) is 3. The smallest absolute Gasteiger partial charge is 0.274 e. The molecule has 0 aromatic carbocycles. The van der Waals surface area contributed by atoms with Crippen LogP contribution >= 0.6 is 0 Å². The first-order valence-corrected chi connectivity index (χ1v) is 5.09. The van der Waals surface area contributed by atoms with Crippen molar-refractivity contribution in [2.45, 2.75) is 0 Å². The molecule has 1 aliphatic rings. The van der Waals surface area contributed by atoms with Gasteiger partial charge >= 0.3 is 0 Å². The molecule has 1 aliphatic heterocycles. The highest BCUT2D eigenvalue weighted by Crippen LogP contribution is 2.07. The number of morpholine rings is 1. The molecule has 0 spiro atoms. The average Bonchev–Trinajstić information content (AvgIpc) is 2.39. The Balaban J connectivity index is 2.26. The molecule has 1 aromatic rings. The fourth-order valence-corrected chi connectivity index (χ4v) is 1.56. The van der Waals surface area contributed by atoms with Crippen LogP contribution in [0.5, 0.6) is 0 Å². The Morgan fingerprint density at radius 2 is 1.76 bits per heavy atom. The van der Waals surface area contributed by atoms with Crippen molar-refractivity contribution in [2.75, 3.05) is 26.3 Å². The van der Waals surface area contributed by atoms with Gasteiger partial charge < -0.3 is 19.5 Å². The third-order valence-corrected chi connectivity index (χ3v) is 2.39. The van der Waals surface area contributed by atoms with Gasteiger partial charge in [-0.2, -0.15) is 0 Å². The van der Waals surface area contributed by atoms with Crippen molar-refractivity contribution in [3.8, 4) is 0 Å². The van der Waals surface area contributed by atoms with Gasteiger partial charge in [0.15, 0.2) is 5.69 Å². The van der Waals surface area contributed by atoms with Crippen LogP contribution in [0.25, 0.3) is 0 Å². The summed E-state index contributed by atoms with van der Waals surface area (Å²) in [4.78, 5) is 31.6. The number of hydrogen-bond acceptors (Lipinski definition) is 6. The summed E-state index contributed by atoms with van der Waals surface area (Å²) in [5, 5.41) is 10.8. The number of carbonyl (C=O) groups is 2. The zero-order valence-electron chi connectivity index (χ0n) is 8.96. The molecule has 0 atom stereocenters. The van der Waals surface area contributed by atoms with E-state index in [2.05, 4.69) is 9.97 Å². The number of carboxylic acid groups (broad SMARTS) is 1. The Hall–Kier alpha value is -2.02. The summed E-state index contributed by atoms with van der Waals surface area (Å²) in [5.74, 6) is -1.96. The first-order chi connectivity index (χ1) is 8.20. The van der Waals surface area contributed by atoms with Gasteiger partial charge in [0.05, 0.1) is 19.2 Å². The summed E-state index contributed by atoms with van der Waals surface area (Å²) in [6.45, 7) is 1.71. The minimum atomic E-state index is -1.50. The van der Waals surface area contributed by atoms with Crippen molar-refractivity contribution >= 4 is 11.9 Å². The summed E-state index contributed by atoms with van der Waals surface area (Å²) in [5.41, 5.74) is -0.613. The summed E-state index contributed by atoms with van der Waals surface area (Å²) in [6.07, 6.45) is 2.49. The molecule has 0 radical (unpaired) electrons. The van der Waals surface area contributed by atoms with Crippen LogP contribution in [0.4, 0.5) is 0 Å². The molecule has 0 saturated carbocycles. The molecule has 0 unspecified atom stereocenters. The van der Waals surface area contributed by atoms with Gasteiger partial charge in [-0.05, 0) is 0 Å². The van der Waals surface area contributed by atoms with E-state index in [9.17, 15) is 14.7 Å². The Kier molecular flexibility index (Phi) is 3.29. The molecule has 7 heteroatoms. The van der Waals surface area contributed by atoms with Gasteiger partial charge in [0.2, 0.25) is 0 Å². The van der Waals surface area contributed by atoms with Crippen molar-refractivity contribution in [2.24, 2.45) is 0 Å². The number of carbonyl (C=O) groups excluding carboxylic acids is 2. The lowest BCUT2D eigenvalue weighted by Gasteiger charge is -2.26. The lowest BCUT2D eigenvalue weighted by atomic mass is 10.2.